The van der Waals surface area contributed by atoms with Gasteiger partial charge in [0.1, 0.15) is 6.04 Å². The van der Waals surface area contributed by atoms with Crippen molar-refractivity contribution in [3.8, 4) is 0 Å². The van der Waals surface area contributed by atoms with Crippen molar-refractivity contribution in [2.45, 2.75) is 10.9 Å². The summed E-state index contributed by atoms with van der Waals surface area (Å²) in [5.41, 5.74) is 0.448. The third-order valence-corrected chi connectivity index (χ3v) is 4.96. The van der Waals surface area contributed by atoms with Crippen molar-refractivity contribution in [1.82, 2.24) is 5.32 Å². The number of fused-ring (bicyclic) bond motifs is 1. The lowest BCUT2D eigenvalue weighted by Gasteiger charge is -2.15. The highest BCUT2D eigenvalue weighted by Gasteiger charge is 2.21. The van der Waals surface area contributed by atoms with E-state index in [0.717, 1.165) is 15.7 Å². The van der Waals surface area contributed by atoms with Gasteiger partial charge >= 0.3 is 5.97 Å². The van der Waals surface area contributed by atoms with Crippen LogP contribution in [0.25, 0.3) is 10.8 Å². The molecule has 1 atom stereocenters. The summed E-state index contributed by atoms with van der Waals surface area (Å²) in [6.45, 7) is 0. The first-order valence-electron chi connectivity index (χ1n) is 7.84. The van der Waals surface area contributed by atoms with Gasteiger partial charge in [-0.15, -0.1) is 11.8 Å². The Morgan fingerprint density at radius 2 is 1.60 bits per heavy atom. The minimum absolute atomic E-state index is 0.252. The normalized spacial score (nSPS) is 11.8. The minimum Gasteiger partial charge on any atom is -0.480 e. The number of benzene rings is 3. The molecule has 0 saturated heterocycles. The molecule has 0 aliphatic carbocycles. The number of hydrogen-bond donors (Lipinski definition) is 2. The summed E-state index contributed by atoms with van der Waals surface area (Å²) in [6, 6.07) is 21.5. The smallest absolute Gasteiger partial charge is 0.327 e. The van der Waals surface area contributed by atoms with Gasteiger partial charge in [0.15, 0.2) is 0 Å². The van der Waals surface area contributed by atoms with E-state index in [9.17, 15) is 14.7 Å². The van der Waals surface area contributed by atoms with Crippen LogP contribution in [0.2, 0.25) is 0 Å². The maximum Gasteiger partial charge on any atom is 0.327 e. The molecule has 0 aromatic heterocycles. The van der Waals surface area contributed by atoms with Crippen LogP contribution in [0.4, 0.5) is 0 Å². The van der Waals surface area contributed by atoms with Crippen LogP contribution in [-0.4, -0.2) is 28.8 Å². The number of carboxylic acid groups (broad SMARTS) is 1. The number of amides is 1. The van der Waals surface area contributed by atoms with E-state index in [-0.39, 0.29) is 11.7 Å². The lowest BCUT2D eigenvalue weighted by molar-refractivity contribution is -0.138. The quantitative estimate of drug-likeness (QED) is 0.663. The second-order valence-corrected chi connectivity index (χ2v) is 6.58. The van der Waals surface area contributed by atoms with E-state index in [1.165, 1.54) is 11.8 Å². The highest BCUT2D eigenvalue weighted by Crippen LogP contribution is 2.28. The van der Waals surface area contributed by atoms with Crippen molar-refractivity contribution in [1.29, 1.82) is 0 Å². The molecule has 4 nitrogen and oxygen atoms in total. The number of carboxylic acids is 1. The van der Waals surface area contributed by atoms with Crippen molar-refractivity contribution in [3.63, 3.8) is 0 Å². The molecule has 0 aliphatic heterocycles. The Bertz CT molecular complexity index is 890. The third kappa shape index (κ3) is 4.19. The zero-order chi connectivity index (χ0) is 17.6. The van der Waals surface area contributed by atoms with Gasteiger partial charge in [-0.25, -0.2) is 4.79 Å². The molecule has 126 valence electrons. The summed E-state index contributed by atoms with van der Waals surface area (Å²) < 4.78 is 0. The number of carbonyl (C=O) groups excluding carboxylic acids is 1. The van der Waals surface area contributed by atoms with Gasteiger partial charge in [-0.3, -0.25) is 4.79 Å². The summed E-state index contributed by atoms with van der Waals surface area (Å²) in [6.07, 6.45) is 0. The molecule has 3 aromatic rings. The van der Waals surface area contributed by atoms with Gasteiger partial charge in [-0.1, -0.05) is 54.6 Å². The van der Waals surface area contributed by atoms with Crippen molar-refractivity contribution in [2.75, 3.05) is 5.75 Å². The lowest BCUT2D eigenvalue weighted by atomic mass is 10.1. The van der Waals surface area contributed by atoms with E-state index in [4.69, 9.17) is 0 Å². The second-order valence-electron chi connectivity index (χ2n) is 5.52. The molecular weight excluding hydrogens is 334 g/mol. The van der Waals surface area contributed by atoms with Gasteiger partial charge in [-0.2, -0.15) is 0 Å². The van der Waals surface area contributed by atoms with Gasteiger partial charge in [0, 0.05) is 16.2 Å². The molecule has 0 fully saturated rings. The molecule has 0 unspecified atom stereocenters. The Kier molecular flexibility index (Phi) is 5.36. The Morgan fingerprint density at radius 1 is 0.920 bits per heavy atom. The largest absolute Gasteiger partial charge is 0.480 e. The average Bonchev–Trinajstić information content (AvgIpc) is 2.65. The van der Waals surface area contributed by atoms with Crippen LogP contribution in [0.5, 0.6) is 0 Å². The molecule has 0 heterocycles. The molecule has 3 aromatic carbocycles. The van der Waals surface area contributed by atoms with E-state index in [1.807, 2.05) is 48.5 Å². The molecule has 3 rings (SSSR count). The first-order valence-corrected chi connectivity index (χ1v) is 8.83. The summed E-state index contributed by atoms with van der Waals surface area (Å²) >= 11 is 1.43. The number of carbonyl (C=O) groups is 2. The maximum absolute atomic E-state index is 12.2. The van der Waals surface area contributed by atoms with E-state index < -0.39 is 12.0 Å². The summed E-state index contributed by atoms with van der Waals surface area (Å²) in [7, 11) is 0. The second kappa shape index (κ2) is 7.85. The zero-order valence-electron chi connectivity index (χ0n) is 13.4. The van der Waals surface area contributed by atoms with Crippen LogP contribution in [0.3, 0.4) is 0 Å². The van der Waals surface area contributed by atoms with E-state index in [0.29, 0.717) is 5.56 Å². The molecule has 0 spiro atoms. The van der Waals surface area contributed by atoms with Crippen molar-refractivity contribution in [3.05, 3.63) is 78.4 Å². The Balaban J connectivity index is 1.72. The van der Waals surface area contributed by atoms with Crippen LogP contribution in [-0.2, 0) is 4.79 Å². The fraction of sp³-hybridized carbons (Fsp3) is 0.100. The zero-order valence-corrected chi connectivity index (χ0v) is 14.2. The molecule has 0 saturated carbocycles. The molecule has 2 N–H and O–H groups in total. The van der Waals surface area contributed by atoms with Gasteiger partial charge < -0.3 is 10.4 Å². The predicted octanol–water partition coefficient (Wildman–Crippen LogP) is 3.82. The predicted molar refractivity (Wildman–Crippen MR) is 100 cm³/mol. The van der Waals surface area contributed by atoms with Crippen molar-refractivity contribution < 1.29 is 14.7 Å². The van der Waals surface area contributed by atoms with Crippen LogP contribution in [0, 0.1) is 0 Å². The molecule has 5 heteroatoms. The molecule has 0 aliphatic rings. The monoisotopic (exact) mass is 351 g/mol. The van der Waals surface area contributed by atoms with E-state index in [2.05, 4.69) is 5.32 Å². The van der Waals surface area contributed by atoms with Crippen LogP contribution in [0.1, 0.15) is 10.4 Å². The average molecular weight is 351 g/mol. The molecule has 0 radical (unpaired) electrons. The first kappa shape index (κ1) is 17.0. The third-order valence-electron chi connectivity index (χ3n) is 3.79. The van der Waals surface area contributed by atoms with Crippen LogP contribution in [0.15, 0.2) is 77.7 Å². The highest BCUT2D eigenvalue weighted by atomic mass is 32.2. The molecular formula is C20H17NO3S. The lowest BCUT2D eigenvalue weighted by Crippen LogP contribution is -2.42. The fourth-order valence-electron chi connectivity index (χ4n) is 2.50. The fourth-order valence-corrected chi connectivity index (χ4v) is 3.59. The number of aliphatic carboxylic acids is 1. The number of thioether (sulfide) groups is 1. The number of hydrogen-bond acceptors (Lipinski definition) is 3. The summed E-state index contributed by atoms with van der Waals surface area (Å²) in [5.74, 6) is -1.18. The Hall–Kier alpha value is -2.79. The van der Waals surface area contributed by atoms with E-state index in [1.54, 1.807) is 24.3 Å². The van der Waals surface area contributed by atoms with Crippen molar-refractivity contribution >= 4 is 34.4 Å². The Labute approximate surface area is 149 Å². The summed E-state index contributed by atoms with van der Waals surface area (Å²) in [4.78, 5) is 24.7. The summed E-state index contributed by atoms with van der Waals surface area (Å²) in [5, 5.41) is 14.2. The number of nitrogens with one attached hydrogen (secondary N) is 1. The molecule has 1 amide bonds. The van der Waals surface area contributed by atoms with Gasteiger partial charge in [0.05, 0.1) is 0 Å². The van der Waals surface area contributed by atoms with Gasteiger partial charge in [0.25, 0.3) is 5.91 Å². The van der Waals surface area contributed by atoms with Gasteiger partial charge in [-0.05, 0) is 29.0 Å². The van der Waals surface area contributed by atoms with Gasteiger partial charge in [0.2, 0.25) is 0 Å². The van der Waals surface area contributed by atoms with E-state index >= 15 is 0 Å². The molecule has 0 bridgehead atoms. The Morgan fingerprint density at radius 3 is 2.36 bits per heavy atom. The SMILES string of the molecule is O=C(N[C@@H](CSc1cccc2ccccc12)C(=O)O)c1ccccc1. The standard InChI is InChI=1S/C20H17NO3S/c22-19(15-8-2-1-3-9-15)21-17(20(23)24)13-25-18-12-6-10-14-7-4-5-11-16(14)18/h1-12,17H,13H2,(H,21,22)(H,23,24)/t17-/m0/s1. The highest BCUT2D eigenvalue weighted by molar-refractivity contribution is 7.99. The topological polar surface area (TPSA) is 66.4 Å². The van der Waals surface area contributed by atoms with Crippen LogP contribution >= 0.6 is 11.8 Å². The minimum atomic E-state index is -1.04. The maximum atomic E-state index is 12.2. The first-order chi connectivity index (χ1) is 12.1. The number of rotatable bonds is 6. The van der Waals surface area contributed by atoms with Crippen LogP contribution < -0.4 is 5.32 Å². The van der Waals surface area contributed by atoms with Crippen molar-refractivity contribution in [2.24, 2.45) is 0 Å². The molecule has 25 heavy (non-hydrogen) atoms.